The van der Waals surface area contributed by atoms with Crippen molar-refractivity contribution >= 4 is 17.5 Å². The molecule has 4 aromatic rings. The van der Waals surface area contributed by atoms with Gasteiger partial charge in [-0.2, -0.15) is 4.98 Å². The molecule has 4 rings (SSSR count). The number of hydrogen-bond donors (Lipinski definition) is 2. The molecular formula is C22H20N6O. The van der Waals surface area contributed by atoms with Gasteiger partial charge in [0.05, 0.1) is 5.69 Å². The van der Waals surface area contributed by atoms with E-state index in [0.29, 0.717) is 11.5 Å². The predicted octanol–water partition coefficient (Wildman–Crippen LogP) is 4.67. The highest BCUT2D eigenvalue weighted by molar-refractivity contribution is 5.66. The Morgan fingerprint density at radius 2 is 1.66 bits per heavy atom. The molecule has 0 aliphatic heterocycles. The zero-order valence-corrected chi connectivity index (χ0v) is 16.1. The number of ether oxygens (including phenoxy) is 1. The van der Waals surface area contributed by atoms with Gasteiger partial charge >= 0.3 is 0 Å². The maximum absolute atomic E-state index is 5.89. The Bertz CT molecular complexity index is 1130. The van der Waals surface area contributed by atoms with E-state index in [9.17, 15) is 0 Å². The molecule has 0 fully saturated rings. The van der Waals surface area contributed by atoms with Crippen LogP contribution < -0.4 is 15.8 Å². The highest BCUT2D eigenvalue weighted by atomic mass is 16.5. The average Bonchev–Trinajstić information content (AvgIpc) is 2.70. The Hall–Kier alpha value is -4.00. The van der Waals surface area contributed by atoms with Crippen LogP contribution in [0.4, 0.5) is 17.5 Å². The standard InChI is InChI=1S/C22H20N6O/c1-14-3-4-16(13-25-14)20-12-21(28-22(23)27-20)26-17-5-7-18(8-6-17)29-19-9-10-24-15(2)11-19/h3-13H,1-2H3,(H3,23,26,27,28). The first-order valence-electron chi connectivity index (χ1n) is 9.10. The van der Waals surface area contributed by atoms with Crippen LogP contribution in [0.1, 0.15) is 11.4 Å². The molecular weight excluding hydrogens is 364 g/mol. The molecule has 1 aromatic carbocycles. The lowest BCUT2D eigenvalue weighted by atomic mass is 10.2. The maximum Gasteiger partial charge on any atom is 0.222 e. The second kappa shape index (κ2) is 7.93. The number of anilines is 3. The van der Waals surface area contributed by atoms with Gasteiger partial charge in [0.2, 0.25) is 5.95 Å². The lowest BCUT2D eigenvalue weighted by Gasteiger charge is -2.10. The van der Waals surface area contributed by atoms with Crippen LogP contribution in [0.5, 0.6) is 11.5 Å². The van der Waals surface area contributed by atoms with E-state index in [1.807, 2.05) is 68.4 Å². The smallest absolute Gasteiger partial charge is 0.222 e. The van der Waals surface area contributed by atoms with Gasteiger partial charge < -0.3 is 15.8 Å². The zero-order valence-electron chi connectivity index (χ0n) is 16.1. The minimum Gasteiger partial charge on any atom is -0.457 e. The molecule has 0 bridgehead atoms. The molecule has 0 unspecified atom stereocenters. The molecule has 3 N–H and O–H groups in total. The molecule has 0 radical (unpaired) electrons. The van der Waals surface area contributed by atoms with Gasteiger partial charge in [-0.3, -0.25) is 9.97 Å². The van der Waals surface area contributed by atoms with Crippen molar-refractivity contribution in [2.24, 2.45) is 0 Å². The maximum atomic E-state index is 5.89. The normalized spacial score (nSPS) is 10.6. The summed E-state index contributed by atoms with van der Waals surface area (Å²) in [4.78, 5) is 17.0. The molecule has 3 aromatic heterocycles. The first-order chi connectivity index (χ1) is 14.0. The number of hydrogen-bond acceptors (Lipinski definition) is 7. The van der Waals surface area contributed by atoms with E-state index in [0.717, 1.165) is 34.1 Å². The Kier molecular flexibility index (Phi) is 5.03. The van der Waals surface area contributed by atoms with Crippen LogP contribution in [0.25, 0.3) is 11.3 Å². The van der Waals surface area contributed by atoms with Crippen LogP contribution in [0.2, 0.25) is 0 Å². The van der Waals surface area contributed by atoms with Crippen molar-refractivity contribution in [3.05, 3.63) is 78.4 Å². The van der Waals surface area contributed by atoms with Gasteiger partial charge in [-0.25, -0.2) is 4.98 Å². The zero-order chi connectivity index (χ0) is 20.2. The largest absolute Gasteiger partial charge is 0.457 e. The van der Waals surface area contributed by atoms with Crippen molar-refractivity contribution < 1.29 is 4.74 Å². The van der Waals surface area contributed by atoms with Gasteiger partial charge in [0.1, 0.15) is 17.3 Å². The van der Waals surface area contributed by atoms with Crippen LogP contribution >= 0.6 is 0 Å². The second-order valence-corrected chi connectivity index (χ2v) is 6.57. The average molecular weight is 384 g/mol. The summed E-state index contributed by atoms with van der Waals surface area (Å²) >= 11 is 0. The summed E-state index contributed by atoms with van der Waals surface area (Å²) < 4.78 is 5.85. The van der Waals surface area contributed by atoms with E-state index in [2.05, 4.69) is 25.3 Å². The fourth-order valence-electron chi connectivity index (χ4n) is 2.77. The van der Waals surface area contributed by atoms with Crippen LogP contribution in [0.15, 0.2) is 67.0 Å². The third-order valence-electron chi connectivity index (χ3n) is 4.18. The van der Waals surface area contributed by atoms with E-state index < -0.39 is 0 Å². The third kappa shape index (κ3) is 4.65. The van der Waals surface area contributed by atoms with Crippen LogP contribution in [0, 0.1) is 13.8 Å². The summed E-state index contributed by atoms with van der Waals surface area (Å²) in [5.41, 5.74) is 10.2. The lowest BCUT2D eigenvalue weighted by molar-refractivity contribution is 0.481. The number of nitrogens with one attached hydrogen (secondary N) is 1. The summed E-state index contributed by atoms with van der Waals surface area (Å²) in [6, 6.07) is 17.0. The summed E-state index contributed by atoms with van der Waals surface area (Å²) in [6.07, 6.45) is 3.50. The first kappa shape index (κ1) is 18.4. The SMILES string of the molecule is Cc1ccc(-c2cc(Nc3ccc(Oc4ccnc(C)c4)cc3)nc(N)n2)cn1. The Morgan fingerprint density at radius 3 is 2.38 bits per heavy atom. The van der Waals surface area contributed by atoms with Crippen molar-refractivity contribution in [2.75, 3.05) is 11.1 Å². The van der Waals surface area contributed by atoms with Gasteiger partial charge in [0.25, 0.3) is 0 Å². The Balaban J connectivity index is 1.51. The fraction of sp³-hybridized carbons (Fsp3) is 0.0909. The fourth-order valence-corrected chi connectivity index (χ4v) is 2.77. The Morgan fingerprint density at radius 1 is 0.828 bits per heavy atom. The summed E-state index contributed by atoms with van der Waals surface area (Å²) in [5.74, 6) is 2.28. The topological polar surface area (TPSA) is 98.8 Å². The Labute approximate surface area is 168 Å². The van der Waals surface area contributed by atoms with Crippen molar-refractivity contribution in [3.8, 4) is 22.8 Å². The monoisotopic (exact) mass is 384 g/mol. The summed E-state index contributed by atoms with van der Waals surface area (Å²) in [7, 11) is 0. The van der Waals surface area contributed by atoms with Crippen LogP contribution in [-0.4, -0.2) is 19.9 Å². The van der Waals surface area contributed by atoms with Crippen LogP contribution in [-0.2, 0) is 0 Å². The molecule has 0 aliphatic carbocycles. The van der Waals surface area contributed by atoms with Gasteiger partial charge in [-0.15, -0.1) is 0 Å². The first-order valence-corrected chi connectivity index (χ1v) is 9.10. The molecule has 0 saturated carbocycles. The number of nitrogens with zero attached hydrogens (tertiary/aromatic N) is 4. The van der Waals surface area contributed by atoms with E-state index in [1.54, 1.807) is 12.4 Å². The minimum atomic E-state index is 0.193. The molecule has 0 atom stereocenters. The highest BCUT2D eigenvalue weighted by Gasteiger charge is 2.07. The highest BCUT2D eigenvalue weighted by Crippen LogP contribution is 2.26. The molecule has 0 saturated heterocycles. The number of benzene rings is 1. The molecule has 144 valence electrons. The van der Waals surface area contributed by atoms with Gasteiger partial charge in [-0.05, 0) is 56.3 Å². The molecule has 0 aliphatic rings. The number of pyridine rings is 2. The van der Waals surface area contributed by atoms with Gasteiger partial charge in [0.15, 0.2) is 0 Å². The predicted molar refractivity (Wildman–Crippen MR) is 113 cm³/mol. The van der Waals surface area contributed by atoms with Crippen molar-refractivity contribution in [3.63, 3.8) is 0 Å². The molecule has 0 amide bonds. The van der Waals surface area contributed by atoms with Crippen molar-refractivity contribution in [2.45, 2.75) is 13.8 Å². The van der Waals surface area contributed by atoms with Gasteiger partial charge in [-0.1, -0.05) is 0 Å². The number of nitrogen functional groups attached to an aromatic ring is 1. The van der Waals surface area contributed by atoms with E-state index >= 15 is 0 Å². The number of rotatable bonds is 5. The van der Waals surface area contributed by atoms with Crippen molar-refractivity contribution in [1.82, 2.24) is 19.9 Å². The number of aryl methyl sites for hydroxylation is 2. The van der Waals surface area contributed by atoms with E-state index in [4.69, 9.17) is 10.5 Å². The number of aromatic nitrogens is 4. The molecule has 7 nitrogen and oxygen atoms in total. The number of nitrogens with two attached hydrogens (primary N) is 1. The molecule has 0 spiro atoms. The molecule has 29 heavy (non-hydrogen) atoms. The third-order valence-corrected chi connectivity index (χ3v) is 4.18. The molecule has 3 heterocycles. The summed E-state index contributed by atoms with van der Waals surface area (Å²) in [6.45, 7) is 3.86. The van der Waals surface area contributed by atoms with Crippen LogP contribution in [0.3, 0.4) is 0 Å². The molecule has 7 heteroatoms. The minimum absolute atomic E-state index is 0.193. The van der Waals surface area contributed by atoms with Gasteiger partial charge in [0, 0.05) is 47.2 Å². The van der Waals surface area contributed by atoms with E-state index in [1.165, 1.54) is 0 Å². The van der Waals surface area contributed by atoms with Crippen molar-refractivity contribution in [1.29, 1.82) is 0 Å². The quantitative estimate of drug-likeness (QED) is 0.516. The summed E-state index contributed by atoms with van der Waals surface area (Å²) in [5, 5.41) is 3.25. The van der Waals surface area contributed by atoms with E-state index in [-0.39, 0.29) is 5.95 Å². The second-order valence-electron chi connectivity index (χ2n) is 6.57. The lowest BCUT2D eigenvalue weighted by Crippen LogP contribution is -2.01.